The Morgan fingerprint density at radius 3 is 2.45 bits per heavy atom. The van der Waals surface area contributed by atoms with Gasteiger partial charge in [-0.1, -0.05) is 6.92 Å². The third-order valence-electron chi connectivity index (χ3n) is 4.54. The van der Waals surface area contributed by atoms with Crippen LogP contribution in [-0.4, -0.2) is 54.3 Å². The Morgan fingerprint density at radius 2 is 1.85 bits per heavy atom. The van der Waals surface area contributed by atoms with E-state index in [1.54, 1.807) is 11.9 Å². The molecule has 0 spiro atoms. The minimum Gasteiger partial charge on any atom is -0.341 e. The van der Waals surface area contributed by atoms with Gasteiger partial charge in [0.2, 0.25) is 11.8 Å². The third kappa shape index (κ3) is 3.72. The van der Waals surface area contributed by atoms with Gasteiger partial charge in [-0.15, -0.1) is 0 Å². The zero-order valence-electron chi connectivity index (χ0n) is 12.7. The number of nitrogens with two attached hydrogens (primary N) is 1. The highest BCUT2D eigenvalue weighted by Gasteiger charge is 2.32. The van der Waals surface area contributed by atoms with Crippen LogP contribution in [0.3, 0.4) is 0 Å². The first kappa shape index (κ1) is 15.3. The molecular weight excluding hydrogens is 254 g/mol. The number of carbonyl (C=O) groups is 2. The van der Waals surface area contributed by atoms with E-state index in [1.807, 2.05) is 4.90 Å². The molecule has 2 amide bonds. The lowest BCUT2D eigenvalue weighted by molar-refractivity contribution is -0.142. The molecule has 5 heteroatoms. The van der Waals surface area contributed by atoms with E-state index < -0.39 is 0 Å². The lowest BCUT2D eigenvalue weighted by atomic mass is 9.79. The summed E-state index contributed by atoms with van der Waals surface area (Å²) < 4.78 is 0. The smallest absolute Gasteiger partial charge is 0.242 e. The number of carbonyl (C=O) groups excluding carboxylic acids is 2. The zero-order chi connectivity index (χ0) is 14.7. The number of rotatable bonds is 3. The SMILES string of the molecule is CC1CC(N)CC(C(=O)N(C)CC(=O)N2CCCC2)C1. The summed E-state index contributed by atoms with van der Waals surface area (Å²) in [6.45, 7) is 4.03. The Balaban J connectivity index is 1.86. The van der Waals surface area contributed by atoms with Crippen molar-refractivity contribution in [2.24, 2.45) is 17.6 Å². The molecule has 0 aromatic carbocycles. The molecule has 3 atom stereocenters. The molecule has 5 nitrogen and oxygen atoms in total. The fourth-order valence-corrected chi connectivity index (χ4v) is 3.52. The Bertz CT molecular complexity index is 356. The average molecular weight is 281 g/mol. The second kappa shape index (κ2) is 6.57. The molecule has 1 aliphatic heterocycles. The average Bonchev–Trinajstić information content (AvgIpc) is 2.90. The normalized spacial score (nSPS) is 30.4. The predicted octanol–water partition coefficient (Wildman–Crippen LogP) is 0.831. The number of hydrogen-bond acceptors (Lipinski definition) is 3. The molecule has 1 saturated carbocycles. The lowest BCUT2D eigenvalue weighted by Crippen LogP contribution is -2.45. The maximum atomic E-state index is 12.4. The van der Waals surface area contributed by atoms with Gasteiger partial charge >= 0.3 is 0 Å². The van der Waals surface area contributed by atoms with Crippen LogP contribution in [0, 0.1) is 11.8 Å². The maximum absolute atomic E-state index is 12.4. The van der Waals surface area contributed by atoms with E-state index in [0.29, 0.717) is 5.92 Å². The van der Waals surface area contributed by atoms with Crippen LogP contribution < -0.4 is 5.73 Å². The molecule has 20 heavy (non-hydrogen) atoms. The molecule has 0 aromatic heterocycles. The summed E-state index contributed by atoms with van der Waals surface area (Å²) in [5, 5.41) is 0. The molecule has 0 bridgehead atoms. The van der Waals surface area contributed by atoms with Crippen molar-refractivity contribution in [3.63, 3.8) is 0 Å². The standard InChI is InChI=1S/C15H27N3O2/c1-11-7-12(9-13(16)8-11)15(20)17(2)10-14(19)18-5-3-4-6-18/h11-13H,3-10,16H2,1-2H3. The van der Waals surface area contributed by atoms with Crippen LogP contribution in [0.2, 0.25) is 0 Å². The summed E-state index contributed by atoms with van der Waals surface area (Å²) in [6, 6.07) is 0.121. The molecule has 0 radical (unpaired) electrons. The van der Waals surface area contributed by atoms with Gasteiger partial charge in [-0.25, -0.2) is 0 Å². The van der Waals surface area contributed by atoms with Crippen LogP contribution in [0.25, 0.3) is 0 Å². The molecule has 1 heterocycles. The van der Waals surface area contributed by atoms with Gasteiger partial charge in [-0.2, -0.15) is 0 Å². The number of nitrogens with zero attached hydrogens (tertiary/aromatic N) is 2. The maximum Gasteiger partial charge on any atom is 0.242 e. The van der Waals surface area contributed by atoms with E-state index in [-0.39, 0.29) is 30.3 Å². The van der Waals surface area contributed by atoms with Crippen LogP contribution in [0.1, 0.15) is 39.0 Å². The summed E-state index contributed by atoms with van der Waals surface area (Å²) in [4.78, 5) is 28.0. The van der Waals surface area contributed by atoms with Crippen molar-refractivity contribution in [2.45, 2.75) is 45.1 Å². The molecule has 1 aliphatic carbocycles. The quantitative estimate of drug-likeness (QED) is 0.833. The Hall–Kier alpha value is -1.10. The molecule has 2 N–H and O–H groups in total. The molecule has 2 aliphatic rings. The number of hydrogen-bond donors (Lipinski definition) is 1. The molecule has 114 valence electrons. The first-order valence-electron chi connectivity index (χ1n) is 7.75. The lowest BCUT2D eigenvalue weighted by Gasteiger charge is -2.33. The summed E-state index contributed by atoms with van der Waals surface area (Å²) in [6.07, 6.45) is 4.82. The van der Waals surface area contributed by atoms with Crippen molar-refractivity contribution in [3.8, 4) is 0 Å². The minimum absolute atomic E-state index is 0.00914. The zero-order valence-corrected chi connectivity index (χ0v) is 12.7. The van der Waals surface area contributed by atoms with Crippen molar-refractivity contribution in [3.05, 3.63) is 0 Å². The van der Waals surface area contributed by atoms with Gasteiger partial charge < -0.3 is 15.5 Å². The van der Waals surface area contributed by atoms with Crippen LogP contribution >= 0.6 is 0 Å². The van der Waals surface area contributed by atoms with Crippen LogP contribution in [0.5, 0.6) is 0 Å². The van der Waals surface area contributed by atoms with Crippen LogP contribution in [0.15, 0.2) is 0 Å². The molecular formula is C15H27N3O2. The first-order valence-corrected chi connectivity index (χ1v) is 7.75. The second-order valence-corrected chi connectivity index (χ2v) is 6.55. The van der Waals surface area contributed by atoms with Crippen molar-refractivity contribution in [1.29, 1.82) is 0 Å². The fourth-order valence-electron chi connectivity index (χ4n) is 3.52. The van der Waals surface area contributed by atoms with E-state index in [2.05, 4.69) is 6.92 Å². The van der Waals surface area contributed by atoms with Crippen molar-refractivity contribution in [2.75, 3.05) is 26.7 Å². The van der Waals surface area contributed by atoms with E-state index in [0.717, 1.165) is 45.2 Å². The Morgan fingerprint density at radius 1 is 1.20 bits per heavy atom. The highest BCUT2D eigenvalue weighted by atomic mass is 16.2. The monoisotopic (exact) mass is 281 g/mol. The topological polar surface area (TPSA) is 66.6 Å². The largest absolute Gasteiger partial charge is 0.341 e. The van der Waals surface area contributed by atoms with Crippen molar-refractivity contribution in [1.82, 2.24) is 9.80 Å². The molecule has 3 unspecified atom stereocenters. The Labute approximate surface area is 121 Å². The molecule has 2 rings (SSSR count). The summed E-state index contributed by atoms with van der Waals surface area (Å²) >= 11 is 0. The fraction of sp³-hybridized carbons (Fsp3) is 0.867. The van der Waals surface area contributed by atoms with Crippen molar-refractivity contribution >= 4 is 11.8 Å². The first-order chi connectivity index (χ1) is 9.47. The van der Waals surface area contributed by atoms with Gasteiger partial charge in [-0.3, -0.25) is 9.59 Å². The third-order valence-corrected chi connectivity index (χ3v) is 4.54. The van der Waals surface area contributed by atoms with Crippen molar-refractivity contribution < 1.29 is 9.59 Å². The van der Waals surface area contributed by atoms with Gasteiger partial charge in [0.25, 0.3) is 0 Å². The van der Waals surface area contributed by atoms with Gasteiger partial charge in [0.05, 0.1) is 6.54 Å². The van der Waals surface area contributed by atoms with Gasteiger partial charge in [0.15, 0.2) is 0 Å². The number of likely N-dealkylation sites (N-methyl/N-ethyl adjacent to an activating group) is 1. The molecule has 1 saturated heterocycles. The minimum atomic E-state index is -0.00914. The van der Waals surface area contributed by atoms with E-state index >= 15 is 0 Å². The van der Waals surface area contributed by atoms with Gasteiger partial charge in [0.1, 0.15) is 0 Å². The highest BCUT2D eigenvalue weighted by Crippen LogP contribution is 2.29. The van der Waals surface area contributed by atoms with Gasteiger partial charge in [0, 0.05) is 32.1 Å². The summed E-state index contributed by atoms with van der Waals surface area (Å²) in [7, 11) is 1.74. The van der Waals surface area contributed by atoms with E-state index in [9.17, 15) is 9.59 Å². The van der Waals surface area contributed by atoms with Crippen LogP contribution in [-0.2, 0) is 9.59 Å². The predicted molar refractivity (Wildman–Crippen MR) is 77.9 cm³/mol. The highest BCUT2D eigenvalue weighted by molar-refractivity contribution is 5.86. The molecule has 2 fully saturated rings. The second-order valence-electron chi connectivity index (χ2n) is 6.55. The Kier molecular flexibility index (Phi) is 5.02. The summed E-state index contributed by atoms with van der Waals surface area (Å²) in [5.74, 6) is 0.645. The molecule has 0 aromatic rings. The number of likely N-dealkylation sites (tertiary alicyclic amines) is 1. The van der Waals surface area contributed by atoms with Crippen LogP contribution in [0.4, 0.5) is 0 Å². The number of amides is 2. The summed E-state index contributed by atoms with van der Waals surface area (Å²) in [5.41, 5.74) is 6.01. The van der Waals surface area contributed by atoms with E-state index in [1.165, 1.54) is 0 Å². The van der Waals surface area contributed by atoms with E-state index in [4.69, 9.17) is 5.73 Å². The van der Waals surface area contributed by atoms with Gasteiger partial charge in [-0.05, 0) is 38.0 Å².